The van der Waals surface area contributed by atoms with Crippen LogP contribution in [0.15, 0.2) is 24.5 Å². The zero-order chi connectivity index (χ0) is 14.2. The fourth-order valence-electron chi connectivity index (χ4n) is 3.48. The minimum absolute atomic E-state index is 0.145. The van der Waals surface area contributed by atoms with Crippen LogP contribution in [0.5, 0.6) is 0 Å². The van der Waals surface area contributed by atoms with Crippen LogP contribution in [0.1, 0.15) is 12.0 Å². The summed E-state index contributed by atoms with van der Waals surface area (Å²) in [5, 5.41) is 0. The number of aromatic nitrogens is 1. The van der Waals surface area contributed by atoms with Gasteiger partial charge in [0.05, 0.1) is 12.4 Å². The van der Waals surface area contributed by atoms with E-state index in [1.54, 1.807) is 19.5 Å². The van der Waals surface area contributed by atoms with E-state index in [1.807, 2.05) is 12.1 Å². The highest BCUT2D eigenvalue weighted by Crippen LogP contribution is 2.45. The van der Waals surface area contributed by atoms with Crippen LogP contribution in [-0.4, -0.2) is 55.6 Å². The molecule has 1 atom stereocenters. The van der Waals surface area contributed by atoms with Crippen LogP contribution in [0, 0.1) is 5.92 Å². The molecule has 0 N–H and O–H groups in total. The van der Waals surface area contributed by atoms with Gasteiger partial charge in [-0.25, -0.2) is 8.42 Å². The third-order valence-electron chi connectivity index (χ3n) is 4.60. The van der Waals surface area contributed by atoms with Gasteiger partial charge in [-0.05, 0) is 24.1 Å². The van der Waals surface area contributed by atoms with Gasteiger partial charge in [0, 0.05) is 45.1 Å². The van der Waals surface area contributed by atoms with Crippen LogP contribution in [0.2, 0.25) is 0 Å². The Morgan fingerprint density at radius 1 is 1.40 bits per heavy atom. The molecule has 2 aliphatic rings. The lowest BCUT2D eigenvalue weighted by Crippen LogP contribution is -2.67. The lowest BCUT2D eigenvalue weighted by molar-refractivity contribution is 0.0411. The molecular formula is C14H20N2O3S. The van der Waals surface area contributed by atoms with E-state index in [1.165, 1.54) is 5.56 Å². The Hall–Kier alpha value is -0.980. The van der Waals surface area contributed by atoms with Crippen molar-refractivity contribution in [2.24, 2.45) is 5.92 Å². The molecular weight excluding hydrogens is 276 g/mol. The highest BCUT2D eigenvalue weighted by atomic mass is 32.2. The summed E-state index contributed by atoms with van der Waals surface area (Å²) >= 11 is 0. The van der Waals surface area contributed by atoms with Gasteiger partial charge in [-0.2, -0.15) is 0 Å². The first-order valence-corrected chi connectivity index (χ1v) is 8.55. The minimum Gasteiger partial charge on any atom is -0.384 e. The molecule has 1 spiro atoms. The first-order chi connectivity index (χ1) is 9.57. The lowest BCUT2D eigenvalue weighted by Gasteiger charge is -2.50. The normalized spacial score (nSPS) is 27.6. The molecule has 1 aromatic rings. The zero-order valence-electron chi connectivity index (χ0n) is 11.7. The van der Waals surface area contributed by atoms with E-state index in [0.29, 0.717) is 25.4 Å². The third kappa shape index (κ3) is 2.16. The van der Waals surface area contributed by atoms with Crippen molar-refractivity contribution in [3.05, 3.63) is 30.1 Å². The Morgan fingerprint density at radius 3 is 2.75 bits per heavy atom. The predicted molar refractivity (Wildman–Crippen MR) is 76.0 cm³/mol. The first-order valence-electron chi connectivity index (χ1n) is 6.90. The number of nitrogens with zero attached hydrogens (tertiary/aromatic N) is 2. The van der Waals surface area contributed by atoms with Gasteiger partial charge in [0.1, 0.15) is 4.75 Å². The monoisotopic (exact) mass is 296 g/mol. The van der Waals surface area contributed by atoms with Crippen molar-refractivity contribution in [3.8, 4) is 0 Å². The number of rotatable bonds is 4. The van der Waals surface area contributed by atoms with Gasteiger partial charge in [0.2, 0.25) is 0 Å². The summed E-state index contributed by atoms with van der Waals surface area (Å²) in [5.41, 5.74) is 1.17. The molecule has 5 nitrogen and oxygen atoms in total. The molecule has 0 aromatic carbocycles. The summed E-state index contributed by atoms with van der Waals surface area (Å²) in [4.78, 5) is 6.19. The Labute approximate surface area is 119 Å². The Kier molecular flexibility index (Phi) is 3.56. The molecule has 0 unspecified atom stereocenters. The van der Waals surface area contributed by atoms with E-state index in [4.69, 9.17) is 4.74 Å². The number of pyridine rings is 1. The van der Waals surface area contributed by atoms with E-state index in [0.717, 1.165) is 13.0 Å². The average Bonchev–Trinajstić information content (AvgIpc) is 2.64. The molecule has 6 heteroatoms. The Morgan fingerprint density at radius 2 is 2.10 bits per heavy atom. The van der Waals surface area contributed by atoms with E-state index in [2.05, 4.69) is 9.88 Å². The van der Waals surface area contributed by atoms with Gasteiger partial charge in [0.15, 0.2) is 9.84 Å². The quantitative estimate of drug-likeness (QED) is 0.819. The maximum absolute atomic E-state index is 12.4. The standard InChI is InChI=1S/C14H20N2O3S/c1-19-9-13-4-7-20(17,18)14(13)10-16(11-14)8-12-2-5-15-6-3-12/h2-3,5-6,13H,4,7-11H2,1H3/t13-/m1/s1. The number of hydrogen-bond donors (Lipinski definition) is 0. The topological polar surface area (TPSA) is 59.5 Å². The smallest absolute Gasteiger partial charge is 0.158 e. The van der Waals surface area contributed by atoms with E-state index < -0.39 is 14.6 Å². The second-order valence-electron chi connectivity index (χ2n) is 5.83. The molecule has 2 saturated heterocycles. The van der Waals surface area contributed by atoms with Crippen molar-refractivity contribution in [1.82, 2.24) is 9.88 Å². The molecule has 3 heterocycles. The van der Waals surface area contributed by atoms with E-state index in [9.17, 15) is 8.42 Å². The average molecular weight is 296 g/mol. The van der Waals surface area contributed by atoms with E-state index in [-0.39, 0.29) is 5.92 Å². The Bertz CT molecular complexity index is 567. The molecule has 2 fully saturated rings. The van der Waals surface area contributed by atoms with Gasteiger partial charge in [-0.3, -0.25) is 9.88 Å². The van der Waals surface area contributed by atoms with Crippen LogP contribution >= 0.6 is 0 Å². The van der Waals surface area contributed by atoms with Crippen molar-refractivity contribution in [2.75, 3.05) is 32.6 Å². The molecule has 1 aromatic heterocycles. The van der Waals surface area contributed by atoms with Crippen molar-refractivity contribution < 1.29 is 13.2 Å². The molecule has 20 heavy (non-hydrogen) atoms. The molecule has 0 saturated carbocycles. The molecule has 3 rings (SSSR count). The second kappa shape index (κ2) is 5.09. The minimum atomic E-state index is -2.98. The van der Waals surface area contributed by atoms with Crippen molar-refractivity contribution >= 4 is 9.84 Å². The second-order valence-corrected chi connectivity index (χ2v) is 8.28. The van der Waals surface area contributed by atoms with Crippen molar-refractivity contribution in [1.29, 1.82) is 0 Å². The fourth-order valence-corrected chi connectivity index (χ4v) is 5.93. The van der Waals surface area contributed by atoms with Crippen LogP contribution in [0.25, 0.3) is 0 Å². The first kappa shape index (κ1) is 14.0. The number of hydrogen-bond acceptors (Lipinski definition) is 5. The van der Waals surface area contributed by atoms with Gasteiger partial charge in [-0.1, -0.05) is 0 Å². The van der Waals surface area contributed by atoms with Gasteiger partial charge < -0.3 is 4.74 Å². The summed E-state index contributed by atoms with van der Waals surface area (Å²) in [5.74, 6) is 0.454. The van der Waals surface area contributed by atoms with E-state index >= 15 is 0 Å². The molecule has 0 radical (unpaired) electrons. The molecule has 0 bridgehead atoms. The van der Waals surface area contributed by atoms with Gasteiger partial charge in [0.25, 0.3) is 0 Å². The van der Waals surface area contributed by atoms with Crippen LogP contribution in [-0.2, 0) is 21.1 Å². The summed E-state index contributed by atoms with van der Waals surface area (Å²) in [6.45, 7) is 2.60. The fraction of sp³-hybridized carbons (Fsp3) is 0.643. The number of methoxy groups -OCH3 is 1. The van der Waals surface area contributed by atoms with Crippen molar-refractivity contribution in [2.45, 2.75) is 17.7 Å². The highest BCUT2D eigenvalue weighted by molar-refractivity contribution is 7.93. The summed E-state index contributed by atoms with van der Waals surface area (Å²) in [6.07, 6.45) is 4.27. The molecule has 110 valence electrons. The lowest BCUT2D eigenvalue weighted by atomic mass is 9.83. The number of sulfone groups is 1. The van der Waals surface area contributed by atoms with Gasteiger partial charge >= 0.3 is 0 Å². The predicted octanol–water partition coefficient (Wildman–Crippen LogP) is 0.717. The third-order valence-corrected chi connectivity index (χ3v) is 7.21. The zero-order valence-corrected chi connectivity index (χ0v) is 12.5. The maximum atomic E-state index is 12.4. The largest absolute Gasteiger partial charge is 0.384 e. The molecule has 0 aliphatic carbocycles. The van der Waals surface area contributed by atoms with Crippen molar-refractivity contribution in [3.63, 3.8) is 0 Å². The Balaban J connectivity index is 1.70. The molecule has 0 amide bonds. The van der Waals surface area contributed by atoms with Crippen LogP contribution < -0.4 is 0 Å². The van der Waals surface area contributed by atoms with Gasteiger partial charge in [-0.15, -0.1) is 0 Å². The SMILES string of the molecule is COC[C@H]1CCS(=O)(=O)C12CN(Cc1ccncc1)C2. The highest BCUT2D eigenvalue weighted by Gasteiger charge is 2.61. The van der Waals surface area contributed by atoms with Crippen LogP contribution in [0.3, 0.4) is 0 Å². The number of ether oxygens (including phenoxy) is 1. The number of likely N-dealkylation sites (tertiary alicyclic amines) is 1. The van der Waals surface area contributed by atoms with Crippen LogP contribution in [0.4, 0.5) is 0 Å². The maximum Gasteiger partial charge on any atom is 0.158 e. The molecule has 2 aliphatic heterocycles. The summed E-state index contributed by atoms with van der Waals surface area (Å²) in [6, 6.07) is 3.95. The summed E-state index contributed by atoms with van der Waals surface area (Å²) < 4.78 is 29.4. The summed E-state index contributed by atoms with van der Waals surface area (Å²) in [7, 11) is -1.34.